The van der Waals surface area contributed by atoms with Crippen molar-refractivity contribution in [3.8, 4) is 0 Å². The number of carbonyl (C=O) groups is 2. The van der Waals surface area contributed by atoms with E-state index in [1.54, 1.807) is 16.4 Å². The first-order valence-electron chi connectivity index (χ1n) is 10.00. The number of aryl methyl sites for hydroxylation is 2. The lowest BCUT2D eigenvalue weighted by molar-refractivity contribution is -0.149. The highest BCUT2D eigenvalue weighted by molar-refractivity contribution is 7.20. The van der Waals surface area contributed by atoms with Crippen molar-refractivity contribution in [2.45, 2.75) is 52.5 Å². The summed E-state index contributed by atoms with van der Waals surface area (Å²) in [7, 11) is 0. The number of fused-ring (bicyclic) bond motifs is 2. The first-order valence-corrected chi connectivity index (χ1v) is 10.8. The molecular weight excluding hydrogens is 378 g/mol. The van der Waals surface area contributed by atoms with Crippen LogP contribution in [0.4, 0.5) is 0 Å². The van der Waals surface area contributed by atoms with Gasteiger partial charge in [0.2, 0.25) is 0 Å². The Morgan fingerprint density at radius 2 is 1.96 bits per heavy atom. The van der Waals surface area contributed by atoms with Gasteiger partial charge in [-0.1, -0.05) is 0 Å². The third kappa shape index (κ3) is 3.23. The molecule has 1 saturated heterocycles. The first-order chi connectivity index (χ1) is 13.5. The molecule has 8 heteroatoms. The zero-order valence-corrected chi connectivity index (χ0v) is 17.1. The van der Waals surface area contributed by atoms with Crippen molar-refractivity contribution in [3.05, 3.63) is 26.6 Å². The van der Waals surface area contributed by atoms with Gasteiger partial charge in [-0.3, -0.25) is 19.0 Å². The van der Waals surface area contributed by atoms with Crippen molar-refractivity contribution in [3.63, 3.8) is 0 Å². The molecule has 2 aromatic rings. The maximum Gasteiger partial charge on any atom is 0.309 e. The Bertz CT molecular complexity index is 985. The van der Waals surface area contributed by atoms with Crippen molar-refractivity contribution in [1.82, 2.24) is 14.5 Å². The third-order valence-corrected chi connectivity index (χ3v) is 6.93. The van der Waals surface area contributed by atoms with Crippen LogP contribution in [0, 0.1) is 12.8 Å². The zero-order valence-electron chi connectivity index (χ0n) is 16.3. The van der Waals surface area contributed by atoms with Gasteiger partial charge in [-0.2, -0.15) is 0 Å². The van der Waals surface area contributed by atoms with Crippen LogP contribution < -0.4 is 5.56 Å². The third-order valence-electron chi connectivity index (χ3n) is 5.76. The zero-order chi connectivity index (χ0) is 19.8. The summed E-state index contributed by atoms with van der Waals surface area (Å²) in [4.78, 5) is 45.7. The molecular formula is C20H25N3O4S. The minimum Gasteiger partial charge on any atom is -0.466 e. The average molecular weight is 404 g/mol. The molecule has 0 aromatic carbocycles. The van der Waals surface area contributed by atoms with Crippen LogP contribution in [0.2, 0.25) is 0 Å². The highest BCUT2D eigenvalue weighted by Gasteiger charge is 2.31. The predicted octanol–water partition coefficient (Wildman–Crippen LogP) is 2.52. The van der Waals surface area contributed by atoms with Crippen molar-refractivity contribution >= 4 is 33.4 Å². The molecule has 2 aliphatic heterocycles. The van der Waals surface area contributed by atoms with Gasteiger partial charge in [0.1, 0.15) is 10.7 Å². The van der Waals surface area contributed by atoms with Crippen LogP contribution in [0.1, 0.15) is 53.7 Å². The van der Waals surface area contributed by atoms with E-state index in [0.717, 1.165) is 30.7 Å². The summed E-state index contributed by atoms with van der Waals surface area (Å²) in [5.41, 5.74) is 0.712. The lowest BCUT2D eigenvalue weighted by atomic mass is 9.97. The fourth-order valence-electron chi connectivity index (χ4n) is 4.16. The highest BCUT2D eigenvalue weighted by Crippen LogP contribution is 2.30. The average Bonchev–Trinajstić information content (AvgIpc) is 3.04. The highest BCUT2D eigenvalue weighted by atomic mass is 32.1. The number of likely N-dealkylation sites (tertiary alicyclic amines) is 1. The Morgan fingerprint density at radius 1 is 1.21 bits per heavy atom. The maximum atomic E-state index is 13.1. The molecule has 0 radical (unpaired) electrons. The predicted molar refractivity (Wildman–Crippen MR) is 107 cm³/mol. The van der Waals surface area contributed by atoms with E-state index < -0.39 is 0 Å². The molecule has 0 spiro atoms. The Balaban J connectivity index is 1.59. The summed E-state index contributed by atoms with van der Waals surface area (Å²) in [6.45, 7) is 5.78. The summed E-state index contributed by atoms with van der Waals surface area (Å²) in [5.74, 6) is 0.463. The van der Waals surface area contributed by atoms with Gasteiger partial charge in [-0.15, -0.1) is 11.3 Å². The van der Waals surface area contributed by atoms with Crippen LogP contribution in [-0.2, 0) is 22.5 Å². The number of ether oxygens (including phenoxy) is 1. The maximum absolute atomic E-state index is 13.1. The van der Waals surface area contributed by atoms with E-state index in [4.69, 9.17) is 9.72 Å². The minimum atomic E-state index is -0.171. The number of piperidine rings is 1. The Hall–Kier alpha value is -2.22. The number of carbonyl (C=O) groups excluding carboxylic acids is 2. The fraction of sp³-hybridized carbons (Fsp3) is 0.600. The Kier molecular flexibility index (Phi) is 5.23. The lowest BCUT2D eigenvalue weighted by Gasteiger charge is -2.30. The van der Waals surface area contributed by atoms with E-state index in [9.17, 15) is 14.4 Å². The van der Waals surface area contributed by atoms with Crippen LogP contribution >= 0.6 is 11.3 Å². The lowest BCUT2D eigenvalue weighted by Crippen LogP contribution is -2.40. The van der Waals surface area contributed by atoms with Crippen LogP contribution in [0.25, 0.3) is 10.2 Å². The molecule has 0 N–H and O–H groups in total. The second-order valence-corrected chi connectivity index (χ2v) is 8.50. The summed E-state index contributed by atoms with van der Waals surface area (Å²) < 4.78 is 6.87. The van der Waals surface area contributed by atoms with E-state index in [1.165, 1.54) is 11.3 Å². The number of thiophene rings is 1. The molecule has 0 atom stereocenters. The second-order valence-electron chi connectivity index (χ2n) is 7.50. The normalized spacial score (nSPS) is 17.6. The van der Waals surface area contributed by atoms with Crippen LogP contribution in [0.15, 0.2) is 4.79 Å². The van der Waals surface area contributed by atoms with Gasteiger partial charge < -0.3 is 9.64 Å². The number of rotatable bonds is 3. The minimum absolute atomic E-state index is 0.0199. The number of hydrogen-bond acceptors (Lipinski definition) is 6. The first kappa shape index (κ1) is 19.1. The van der Waals surface area contributed by atoms with Crippen LogP contribution in [0.5, 0.6) is 0 Å². The molecule has 7 nitrogen and oxygen atoms in total. The summed E-state index contributed by atoms with van der Waals surface area (Å²) in [5, 5.41) is 0.584. The number of esters is 1. The fourth-order valence-corrected chi connectivity index (χ4v) is 5.32. The van der Waals surface area contributed by atoms with E-state index in [1.807, 2.05) is 6.92 Å². The van der Waals surface area contributed by atoms with Crippen molar-refractivity contribution in [1.29, 1.82) is 0 Å². The number of aromatic nitrogens is 2. The number of nitrogens with zero attached hydrogens (tertiary/aromatic N) is 3. The van der Waals surface area contributed by atoms with Gasteiger partial charge >= 0.3 is 5.97 Å². The Morgan fingerprint density at radius 3 is 2.68 bits per heavy atom. The topological polar surface area (TPSA) is 81.5 Å². The summed E-state index contributed by atoms with van der Waals surface area (Å²) in [6.07, 6.45) is 4.08. The van der Waals surface area contributed by atoms with E-state index in [0.29, 0.717) is 54.2 Å². The molecule has 4 rings (SSSR count). The molecule has 0 unspecified atom stereocenters. The smallest absolute Gasteiger partial charge is 0.309 e. The molecule has 0 bridgehead atoms. The molecule has 2 aliphatic rings. The van der Waals surface area contributed by atoms with Crippen molar-refractivity contribution in [2.75, 3.05) is 19.7 Å². The van der Waals surface area contributed by atoms with Crippen LogP contribution in [-0.4, -0.2) is 46.0 Å². The van der Waals surface area contributed by atoms with E-state index in [-0.39, 0.29) is 23.4 Å². The van der Waals surface area contributed by atoms with Gasteiger partial charge in [0.05, 0.1) is 22.8 Å². The number of amides is 1. The monoisotopic (exact) mass is 403 g/mol. The molecule has 2 aromatic heterocycles. The van der Waals surface area contributed by atoms with Gasteiger partial charge in [-0.25, -0.2) is 4.98 Å². The number of hydrogen-bond donors (Lipinski definition) is 0. The van der Waals surface area contributed by atoms with Gasteiger partial charge in [-0.05, 0) is 45.1 Å². The Labute approximate surface area is 167 Å². The molecule has 1 amide bonds. The summed E-state index contributed by atoms with van der Waals surface area (Å²) in [6, 6.07) is 0. The molecule has 4 heterocycles. The van der Waals surface area contributed by atoms with Crippen molar-refractivity contribution in [2.24, 2.45) is 5.92 Å². The van der Waals surface area contributed by atoms with E-state index >= 15 is 0 Å². The molecule has 28 heavy (non-hydrogen) atoms. The van der Waals surface area contributed by atoms with E-state index in [2.05, 4.69) is 0 Å². The second kappa shape index (κ2) is 7.66. The molecule has 1 fully saturated rings. The van der Waals surface area contributed by atoms with Crippen molar-refractivity contribution < 1.29 is 14.3 Å². The SMILES string of the molecule is CCOC(=O)C1CCN(C(=O)c2sc3nc4n(c(=O)c3c2C)CCCC4)CC1. The molecule has 0 saturated carbocycles. The standard InChI is InChI=1S/C20H25N3O4S/c1-3-27-20(26)13-7-10-22(11-8-13)19(25)16-12(2)15-17(28-16)21-14-6-4-5-9-23(14)18(15)24/h13H,3-11H2,1-2H3. The van der Waals surface area contributed by atoms with Gasteiger partial charge in [0.25, 0.3) is 11.5 Å². The summed E-state index contributed by atoms with van der Waals surface area (Å²) >= 11 is 1.32. The molecule has 150 valence electrons. The van der Waals surface area contributed by atoms with Gasteiger partial charge in [0, 0.05) is 26.1 Å². The largest absolute Gasteiger partial charge is 0.466 e. The quantitative estimate of drug-likeness (QED) is 0.736. The van der Waals surface area contributed by atoms with Crippen LogP contribution in [0.3, 0.4) is 0 Å². The molecule has 0 aliphatic carbocycles. The van der Waals surface area contributed by atoms with Gasteiger partial charge in [0.15, 0.2) is 0 Å².